The highest BCUT2D eigenvalue weighted by Crippen LogP contribution is 2.57. The van der Waals surface area contributed by atoms with Crippen molar-refractivity contribution in [2.75, 3.05) is 0 Å². The van der Waals surface area contributed by atoms with E-state index in [9.17, 15) is 10.1 Å². The van der Waals surface area contributed by atoms with Crippen LogP contribution in [0.4, 0.5) is 0 Å². The number of nitriles is 1. The molecule has 0 saturated heterocycles. The molecule has 0 spiro atoms. The van der Waals surface area contributed by atoms with Gasteiger partial charge in [-0.2, -0.15) is 5.26 Å². The van der Waals surface area contributed by atoms with E-state index in [1.165, 1.54) is 38.5 Å². The summed E-state index contributed by atoms with van der Waals surface area (Å²) in [5.41, 5.74) is -0.561. The van der Waals surface area contributed by atoms with Crippen LogP contribution in [0.15, 0.2) is 0 Å². The second kappa shape index (κ2) is 5.15. The molecule has 19 heavy (non-hydrogen) atoms. The minimum absolute atomic E-state index is 0.178. The standard InChI is InChI=1S/C16H24N2O/c17-11-16(9-4-2-1-3-5-10-16)18-15(19)14-12-7-6-8-13(12)14/h12-14H,1-10H2,(H,18,19). The van der Waals surface area contributed by atoms with E-state index in [2.05, 4.69) is 11.4 Å². The van der Waals surface area contributed by atoms with Crippen LogP contribution in [0.2, 0.25) is 0 Å². The van der Waals surface area contributed by atoms with E-state index in [1.54, 1.807) is 0 Å². The van der Waals surface area contributed by atoms with Crippen molar-refractivity contribution in [3.8, 4) is 6.07 Å². The van der Waals surface area contributed by atoms with E-state index in [0.717, 1.165) is 25.7 Å². The molecule has 3 rings (SSSR count). The van der Waals surface area contributed by atoms with Crippen molar-refractivity contribution in [1.82, 2.24) is 5.32 Å². The number of hydrogen-bond acceptors (Lipinski definition) is 2. The zero-order valence-electron chi connectivity index (χ0n) is 11.7. The molecule has 3 fully saturated rings. The first-order valence-electron chi connectivity index (χ1n) is 7.99. The molecule has 2 unspecified atom stereocenters. The van der Waals surface area contributed by atoms with Crippen LogP contribution < -0.4 is 5.32 Å². The number of hydrogen-bond donors (Lipinski definition) is 1. The van der Waals surface area contributed by atoms with Gasteiger partial charge in [0.2, 0.25) is 5.91 Å². The lowest BCUT2D eigenvalue weighted by atomic mass is 9.85. The van der Waals surface area contributed by atoms with Crippen molar-refractivity contribution in [3.63, 3.8) is 0 Å². The summed E-state index contributed by atoms with van der Waals surface area (Å²) in [4.78, 5) is 12.4. The number of rotatable bonds is 2. The summed E-state index contributed by atoms with van der Waals surface area (Å²) in [7, 11) is 0. The molecule has 0 radical (unpaired) electrons. The lowest BCUT2D eigenvalue weighted by molar-refractivity contribution is -0.124. The summed E-state index contributed by atoms with van der Waals surface area (Å²) in [6, 6.07) is 2.43. The predicted octanol–water partition coefficient (Wildman–Crippen LogP) is 3.16. The Morgan fingerprint density at radius 2 is 1.58 bits per heavy atom. The molecule has 1 N–H and O–H groups in total. The Labute approximate surface area is 115 Å². The summed E-state index contributed by atoms with van der Waals surface area (Å²) < 4.78 is 0. The van der Waals surface area contributed by atoms with Crippen molar-refractivity contribution >= 4 is 5.91 Å². The smallest absolute Gasteiger partial charge is 0.224 e. The monoisotopic (exact) mass is 260 g/mol. The van der Waals surface area contributed by atoms with Gasteiger partial charge in [-0.3, -0.25) is 4.79 Å². The van der Waals surface area contributed by atoms with Gasteiger partial charge in [-0.1, -0.05) is 38.5 Å². The topological polar surface area (TPSA) is 52.9 Å². The Morgan fingerprint density at radius 1 is 1.00 bits per heavy atom. The fourth-order valence-electron chi connectivity index (χ4n) is 4.30. The van der Waals surface area contributed by atoms with Gasteiger partial charge in [0.05, 0.1) is 6.07 Å². The van der Waals surface area contributed by atoms with E-state index in [0.29, 0.717) is 11.8 Å². The van der Waals surface area contributed by atoms with Crippen molar-refractivity contribution in [3.05, 3.63) is 0 Å². The quantitative estimate of drug-likeness (QED) is 0.829. The van der Waals surface area contributed by atoms with Crippen LogP contribution in [-0.4, -0.2) is 11.4 Å². The summed E-state index contributed by atoms with van der Waals surface area (Å²) in [5.74, 6) is 1.70. The number of carbonyl (C=O) groups excluding carboxylic acids is 1. The van der Waals surface area contributed by atoms with Crippen molar-refractivity contribution < 1.29 is 4.79 Å². The van der Waals surface area contributed by atoms with Crippen LogP contribution in [0.5, 0.6) is 0 Å². The first-order valence-corrected chi connectivity index (χ1v) is 7.99. The van der Waals surface area contributed by atoms with E-state index >= 15 is 0 Å². The van der Waals surface area contributed by atoms with E-state index in [-0.39, 0.29) is 11.8 Å². The van der Waals surface area contributed by atoms with E-state index < -0.39 is 5.54 Å². The average Bonchev–Trinajstić information content (AvgIpc) is 2.87. The third kappa shape index (κ3) is 2.50. The molecular formula is C16H24N2O. The Kier molecular flexibility index (Phi) is 3.52. The Balaban J connectivity index is 1.62. The SMILES string of the molecule is N#CC1(NC(=O)C2C3CCCC32)CCCCCCC1. The predicted molar refractivity (Wildman–Crippen MR) is 73.1 cm³/mol. The van der Waals surface area contributed by atoms with Crippen LogP contribution in [-0.2, 0) is 4.79 Å². The highest BCUT2D eigenvalue weighted by molar-refractivity contribution is 5.83. The molecule has 104 valence electrons. The third-order valence-corrected chi connectivity index (χ3v) is 5.49. The Hall–Kier alpha value is -1.04. The van der Waals surface area contributed by atoms with Crippen LogP contribution in [0.1, 0.15) is 64.2 Å². The molecule has 0 aliphatic heterocycles. The number of amides is 1. The van der Waals surface area contributed by atoms with Gasteiger partial charge in [-0.05, 0) is 37.5 Å². The first-order chi connectivity index (χ1) is 9.26. The Morgan fingerprint density at radius 3 is 2.16 bits per heavy atom. The molecular weight excluding hydrogens is 236 g/mol. The summed E-state index contributed by atoms with van der Waals surface area (Å²) in [6.45, 7) is 0. The second-order valence-electron chi connectivity index (χ2n) is 6.74. The molecule has 3 aliphatic carbocycles. The number of carbonyl (C=O) groups is 1. The molecule has 0 aromatic carbocycles. The number of nitrogens with zero attached hydrogens (tertiary/aromatic N) is 1. The van der Waals surface area contributed by atoms with Gasteiger partial charge in [-0.15, -0.1) is 0 Å². The minimum atomic E-state index is -0.561. The van der Waals surface area contributed by atoms with Crippen LogP contribution in [0.3, 0.4) is 0 Å². The molecule has 1 amide bonds. The van der Waals surface area contributed by atoms with Gasteiger partial charge in [0.1, 0.15) is 5.54 Å². The summed E-state index contributed by atoms with van der Waals surface area (Å²) >= 11 is 0. The maximum Gasteiger partial charge on any atom is 0.224 e. The van der Waals surface area contributed by atoms with Crippen LogP contribution >= 0.6 is 0 Å². The molecule has 3 nitrogen and oxygen atoms in total. The van der Waals surface area contributed by atoms with Crippen LogP contribution in [0, 0.1) is 29.1 Å². The van der Waals surface area contributed by atoms with E-state index in [4.69, 9.17) is 0 Å². The molecule has 2 atom stereocenters. The summed E-state index contributed by atoms with van der Waals surface area (Å²) in [6.07, 6.45) is 11.3. The Bertz CT molecular complexity index is 380. The lowest BCUT2D eigenvalue weighted by Gasteiger charge is -2.30. The van der Waals surface area contributed by atoms with E-state index in [1.807, 2.05) is 0 Å². The zero-order chi connectivity index (χ0) is 13.3. The third-order valence-electron chi connectivity index (χ3n) is 5.49. The average molecular weight is 260 g/mol. The lowest BCUT2D eigenvalue weighted by Crippen LogP contribution is -2.48. The highest BCUT2D eigenvalue weighted by Gasteiger charge is 2.57. The van der Waals surface area contributed by atoms with Crippen LogP contribution in [0.25, 0.3) is 0 Å². The van der Waals surface area contributed by atoms with Gasteiger partial charge in [-0.25, -0.2) is 0 Å². The molecule has 3 aliphatic rings. The van der Waals surface area contributed by atoms with Crippen molar-refractivity contribution in [2.24, 2.45) is 17.8 Å². The fourth-order valence-corrected chi connectivity index (χ4v) is 4.30. The van der Waals surface area contributed by atoms with Gasteiger partial charge in [0.25, 0.3) is 0 Å². The summed E-state index contributed by atoms with van der Waals surface area (Å²) in [5, 5.41) is 12.7. The number of fused-ring (bicyclic) bond motifs is 1. The number of nitrogens with one attached hydrogen (secondary N) is 1. The fraction of sp³-hybridized carbons (Fsp3) is 0.875. The largest absolute Gasteiger partial charge is 0.338 e. The maximum absolute atomic E-state index is 12.4. The van der Waals surface area contributed by atoms with Gasteiger partial charge in [0, 0.05) is 5.92 Å². The maximum atomic E-state index is 12.4. The van der Waals surface area contributed by atoms with Crippen molar-refractivity contribution in [2.45, 2.75) is 69.7 Å². The molecule has 0 bridgehead atoms. The molecule has 0 heterocycles. The molecule has 3 heteroatoms. The van der Waals surface area contributed by atoms with Gasteiger partial charge >= 0.3 is 0 Å². The normalized spacial score (nSPS) is 36.5. The first kappa shape index (κ1) is 13.0. The van der Waals surface area contributed by atoms with Gasteiger partial charge < -0.3 is 5.32 Å². The van der Waals surface area contributed by atoms with Crippen molar-refractivity contribution in [1.29, 1.82) is 5.26 Å². The second-order valence-corrected chi connectivity index (χ2v) is 6.74. The molecule has 0 aromatic rings. The zero-order valence-corrected chi connectivity index (χ0v) is 11.7. The highest BCUT2D eigenvalue weighted by atomic mass is 16.2. The molecule has 3 saturated carbocycles. The minimum Gasteiger partial charge on any atom is -0.338 e. The molecule has 0 aromatic heterocycles. The van der Waals surface area contributed by atoms with Gasteiger partial charge in [0.15, 0.2) is 0 Å².